The maximum Gasteiger partial charge on any atom is 0.320 e. The molecule has 4 fully saturated rings. The molecule has 4 rings (SSSR count). The summed E-state index contributed by atoms with van der Waals surface area (Å²) in [4.78, 5) is 38.9. The average molecular weight is 407 g/mol. The fraction of sp³-hybridized carbons (Fsp3) is 0.870. The van der Waals surface area contributed by atoms with Gasteiger partial charge in [0.25, 0.3) is 0 Å². The number of hydrogen-bond acceptors (Lipinski definition) is 6. The Bertz CT molecular complexity index is 727. The fourth-order valence-corrected chi connectivity index (χ4v) is 7.03. The van der Waals surface area contributed by atoms with Gasteiger partial charge >= 0.3 is 11.9 Å². The molecule has 162 valence electrons. The smallest absolute Gasteiger partial charge is 0.320 e. The molecule has 0 spiro atoms. The zero-order chi connectivity index (χ0) is 21.3. The molecule has 6 nitrogen and oxygen atoms in total. The normalized spacial score (nSPS) is 45.4. The van der Waals surface area contributed by atoms with Crippen LogP contribution in [0.15, 0.2) is 0 Å². The molecular weight excluding hydrogens is 372 g/mol. The Hall–Kier alpha value is -1.43. The zero-order valence-corrected chi connectivity index (χ0v) is 18.4. The van der Waals surface area contributed by atoms with Crippen molar-refractivity contribution < 1.29 is 28.6 Å². The second-order valence-corrected chi connectivity index (χ2v) is 10.8. The number of carbonyl (C=O) groups excluding carboxylic acids is 3. The van der Waals surface area contributed by atoms with Crippen molar-refractivity contribution in [1.82, 2.24) is 0 Å². The predicted octanol–water partition coefficient (Wildman–Crippen LogP) is 3.37. The molecule has 0 amide bonds. The van der Waals surface area contributed by atoms with E-state index in [9.17, 15) is 14.4 Å². The third-order valence-electron chi connectivity index (χ3n) is 8.27. The van der Waals surface area contributed by atoms with Gasteiger partial charge < -0.3 is 14.2 Å². The molecule has 1 heterocycles. The number of rotatable bonds is 4. The average Bonchev–Trinajstić information content (AvgIpc) is 2.93. The van der Waals surface area contributed by atoms with Crippen LogP contribution in [-0.4, -0.2) is 37.2 Å². The van der Waals surface area contributed by atoms with Gasteiger partial charge in [-0.15, -0.1) is 0 Å². The minimum absolute atomic E-state index is 0.0337. The highest BCUT2D eigenvalue weighted by Crippen LogP contribution is 2.72. The van der Waals surface area contributed by atoms with Crippen LogP contribution in [0.5, 0.6) is 0 Å². The van der Waals surface area contributed by atoms with E-state index in [0.29, 0.717) is 17.8 Å². The number of fused-ring (bicyclic) bond motifs is 4. The zero-order valence-electron chi connectivity index (χ0n) is 18.4. The first-order valence-electron chi connectivity index (χ1n) is 11.0. The Morgan fingerprint density at radius 3 is 2.52 bits per heavy atom. The summed E-state index contributed by atoms with van der Waals surface area (Å²) in [5, 5.41) is 0. The van der Waals surface area contributed by atoms with Crippen molar-refractivity contribution in [1.29, 1.82) is 0 Å². The number of esters is 2. The van der Waals surface area contributed by atoms with Crippen LogP contribution in [0.2, 0.25) is 0 Å². The van der Waals surface area contributed by atoms with E-state index in [1.165, 1.54) is 13.5 Å². The highest BCUT2D eigenvalue weighted by Gasteiger charge is 2.84. The van der Waals surface area contributed by atoms with Gasteiger partial charge in [-0.3, -0.25) is 14.4 Å². The Morgan fingerprint density at radius 2 is 1.90 bits per heavy atom. The van der Waals surface area contributed by atoms with Crippen LogP contribution in [0.1, 0.15) is 60.3 Å². The number of ether oxygens (including phenoxy) is 3. The first kappa shape index (κ1) is 20.8. The molecule has 0 aromatic rings. The maximum atomic E-state index is 13.2. The monoisotopic (exact) mass is 406 g/mol. The number of cyclic esters (lactones) is 1. The van der Waals surface area contributed by atoms with Crippen LogP contribution in [-0.2, 0) is 28.6 Å². The van der Waals surface area contributed by atoms with Crippen molar-refractivity contribution in [3.8, 4) is 0 Å². The summed E-state index contributed by atoms with van der Waals surface area (Å²) in [5.74, 6) is -1.07. The van der Waals surface area contributed by atoms with Gasteiger partial charge in [-0.25, -0.2) is 0 Å². The molecule has 0 N–H and O–H groups in total. The quantitative estimate of drug-likeness (QED) is 0.526. The lowest BCUT2D eigenvalue weighted by Gasteiger charge is -2.54. The lowest BCUT2D eigenvalue weighted by molar-refractivity contribution is -0.233. The van der Waals surface area contributed by atoms with Crippen LogP contribution in [0.25, 0.3) is 0 Å². The summed E-state index contributed by atoms with van der Waals surface area (Å²) >= 11 is 0. The Morgan fingerprint density at radius 1 is 1.21 bits per heavy atom. The van der Waals surface area contributed by atoms with Crippen molar-refractivity contribution in [3.63, 3.8) is 0 Å². The van der Waals surface area contributed by atoms with Gasteiger partial charge in [0.15, 0.2) is 5.78 Å². The van der Waals surface area contributed by atoms with Crippen molar-refractivity contribution in [3.05, 3.63) is 0 Å². The summed E-state index contributed by atoms with van der Waals surface area (Å²) in [6.07, 6.45) is 2.54. The molecule has 3 saturated carbocycles. The molecule has 6 heteroatoms. The van der Waals surface area contributed by atoms with E-state index in [2.05, 4.69) is 20.8 Å². The van der Waals surface area contributed by atoms with E-state index in [1.807, 2.05) is 13.8 Å². The van der Waals surface area contributed by atoms with Crippen LogP contribution in [0.4, 0.5) is 0 Å². The van der Waals surface area contributed by atoms with Crippen LogP contribution in [0, 0.1) is 46.3 Å². The summed E-state index contributed by atoms with van der Waals surface area (Å²) in [6, 6.07) is 0. The van der Waals surface area contributed by atoms with E-state index in [0.717, 1.165) is 12.8 Å². The number of methoxy groups -OCH3 is 1. The molecule has 1 saturated heterocycles. The number of hydrogen-bond donors (Lipinski definition) is 0. The second kappa shape index (κ2) is 6.79. The lowest BCUT2D eigenvalue weighted by atomic mass is 9.44. The summed E-state index contributed by atoms with van der Waals surface area (Å²) in [7, 11) is 1.31. The lowest BCUT2D eigenvalue weighted by Crippen LogP contribution is -2.66. The molecule has 0 aromatic heterocycles. The minimum Gasteiger partial charge on any atom is -0.468 e. The molecule has 0 unspecified atom stereocenters. The standard InChI is InChI=1S/C23H34O6/c1-11(2)13-8-7-12(3)9-14(13)28-20-17-16(19(25)29-20)18-22(4,5)10-15(24)23(17,18)21(26)27-6/h11-14,16-18,20H,7-10H2,1-6H3/t12-,13+,14-,16-,17-,18+,20-,23-/m1/s1. The third-order valence-corrected chi connectivity index (χ3v) is 8.27. The van der Waals surface area contributed by atoms with E-state index in [-0.39, 0.29) is 30.2 Å². The summed E-state index contributed by atoms with van der Waals surface area (Å²) < 4.78 is 17.2. The molecule has 8 atom stereocenters. The van der Waals surface area contributed by atoms with Gasteiger partial charge in [0.2, 0.25) is 6.29 Å². The van der Waals surface area contributed by atoms with Gasteiger partial charge in [0, 0.05) is 12.3 Å². The molecule has 4 aliphatic rings. The van der Waals surface area contributed by atoms with E-state index in [1.54, 1.807) is 0 Å². The van der Waals surface area contributed by atoms with Gasteiger partial charge in [-0.05, 0) is 36.0 Å². The summed E-state index contributed by atoms with van der Waals surface area (Å²) in [6.45, 7) is 10.5. The first-order chi connectivity index (χ1) is 13.6. The fourth-order valence-electron chi connectivity index (χ4n) is 7.03. The maximum absolute atomic E-state index is 13.2. The Balaban J connectivity index is 1.66. The highest BCUT2D eigenvalue weighted by atomic mass is 16.7. The molecule has 1 aliphatic heterocycles. The van der Waals surface area contributed by atoms with Gasteiger partial charge in [-0.1, -0.05) is 41.0 Å². The molecule has 0 radical (unpaired) electrons. The number of Topliss-reactive ketones (excluding diaryl/α,β-unsaturated/α-hetero) is 1. The Kier molecular flexibility index (Phi) is 4.88. The number of ketones is 1. The van der Waals surface area contributed by atoms with Gasteiger partial charge in [0.1, 0.15) is 5.41 Å². The Labute approximate surface area is 173 Å². The highest BCUT2D eigenvalue weighted by molar-refractivity contribution is 6.10. The largest absolute Gasteiger partial charge is 0.468 e. The molecule has 3 aliphatic carbocycles. The summed E-state index contributed by atoms with van der Waals surface area (Å²) in [5.41, 5.74) is -1.76. The molecule has 0 bridgehead atoms. The van der Waals surface area contributed by atoms with E-state index in [4.69, 9.17) is 14.2 Å². The second-order valence-electron chi connectivity index (χ2n) is 10.8. The van der Waals surface area contributed by atoms with Crippen LogP contribution < -0.4 is 0 Å². The van der Waals surface area contributed by atoms with Crippen molar-refractivity contribution in [2.45, 2.75) is 72.7 Å². The molecular formula is C23H34O6. The van der Waals surface area contributed by atoms with E-state index < -0.39 is 34.9 Å². The SMILES string of the molecule is COC(=O)[C@@]12C(=O)CC(C)(C)[C@@H]1[C@@H]1C(=O)O[C@@H](O[C@@H]3C[C@H](C)CC[C@H]3C(C)C)[C@@H]12. The van der Waals surface area contributed by atoms with Crippen LogP contribution >= 0.6 is 0 Å². The van der Waals surface area contributed by atoms with Gasteiger partial charge in [0.05, 0.1) is 25.0 Å². The minimum atomic E-state index is -1.31. The number of carbonyl (C=O) groups is 3. The van der Waals surface area contributed by atoms with Crippen molar-refractivity contribution in [2.75, 3.05) is 7.11 Å². The van der Waals surface area contributed by atoms with Crippen molar-refractivity contribution in [2.24, 2.45) is 46.3 Å². The van der Waals surface area contributed by atoms with Gasteiger partial charge in [-0.2, -0.15) is 0 Å². The van der Waals surface area contributed by atoms with Crippen molar-refractivity contribution >= 4 is 17.7 Å². The predicted molar refractivity (Wildman–Crippen MR) is 104 cm³/mol. The van der Waals surface area contributed by atoms with E-state index >= 15 is 0 Å². The third kappa shape index (κ3) is 2.74. The topological polar surface area (TPSA) is 78.9 Å². The molecule has 29 heavy (non-hydrogen) atoms. The van der Waals surface area contributed by atoms with Crippen LogP contribution in [0.3, 0.4) is 0 Å². The molecule has 0 aromatic carbocycles. The first-order valence-corrected chi connectivity index (χ1v) is 11.0.